The van der Waals surface area contributed by atoms with Crippen LogP contribution in [0.4, 0.5) is 5.69 Å². The van der Waals surface area contributed by atoms with Crippen LogP contribution >= 0.6 is 0 Å². The molecule has 2 aromatic rings. The van der Waals surface area contributed by atoms with Crippen LogP contribution in [0.2, 0.25) is 0 Å². The minimum atomic E-state index is 0.136. The summed E-state index contributed by atoms with van der Waals surface area (Å²) in [7, 11) is 2.13. The number of rotatable bonds is 4. The second kappa shape index (κ2) is 5.10. The van der Waals surface area contributed by atoms with Crippen LogP contribution in [0.3, 0.4) is 0 Å². The summed E-state index contributed by atoms with van der Waals surface area (Å²) in [6, 6.07) is 13.2. The van der Waals surface area contributed by atoms with E-state index in [0.29, 0.717) is 6.61 Å². The number of aryl methyl sites for hydroxylation is 1. The first kappa shape index (κ1) is 13.4. The van der Waals surface area contributed by atoms with Crippen LogP contribution in [0.15, 0.2) is 36.4 Å². The molecule has 0 aromatic heterocycles. The molecular weight excluding hydrogens is 246 g/mol. The molecule has 1 fully saturated rings. The van der Waals surface area contributed by atoms with E-state index in [1.807, 2.05) is 0 Å². The quantitative estimate of drug-likeness (QED) is 0.914. The van der Waals surface area contributed by atoms with Gasteiger partial charge < -0.3 is 10.0 Å². The highest BCUT2D eigenvalue weighted by Gasteiger charge is 2.37. The first-order valence-corrected chi connectivity index (χ1v) is 7.44. The summed E-state index contributed by atoms with van der Waals surface area (Å²) in [6.07, 6.45) is 3.56. The fourth-order valence-electron chi connectivity index (χ4n) is 3.23. The van der Waals surface area contributed by atoms with Gasteiger partial charge in [0, 0.05) is 24.7 Å². The first-order chi connectivity index (χ1) is 9.62. The van der Waals surface area contributed by atoms with E-state index in [9.17, 15) is 5.11 Å². The van der Waals surface area contributed by atoms with Crippen molar-refractivity contribution >= 4 is 16.5 Å². The zero-order valence-corrected chi connectivity index (χ0v) is 12.4. The molecule has 3 rings (SSSR count). The molecule has 2 nitrogen and oxygen atoms in total. The highest BCUT2D eigenvalue weighted by molar-refractivity contribution is 5.86. The lowest BCUT2D eigenvalue weighted by Gasteiger charge is -2.43. The largest absolute Gasteiger partial charge is 0.396 e. The van der Waals surface area contributed by atoms with Gasteiger partial charge in [-0.05, 0) is 42.7 Å². The van der Waals surface area contributed by atoms with Crippen molar-refractivity contribution in [3.05, 3.63) is 42.0 Å². The third kappa shape index (κ3) is 2.40. The molecule has 0 heterocycles. The van der Waals surface area contributed by atoms with Gasteiger partial charge in [0.2, 0.25) is 0 Å². The monoisotopic (exact) mass is 269 g/mol. The van der Waals surface area contributed by atoms with Gasteiger partial charge in [0.05, 0.1) is 6.61 Å². The van der Waals surface area contributed by atoms with Crippen molar-refractivity contribution in [2.75, 3.05) is 25.1 Å². The normalized spacial score (nSPS) is 16.9. The predicted molar refractivity (Wildman–Crippen MR) is 85.3 cm³/mol. The van der Waals surface area contributed by atoms with E-state index in [-0.39, 0.29) is 5.41 Å². The van der Waals surface area contributed by atoms with Gasteiger partial charge in [0.15, 0.2) is 0 Å². The van der Waals surface area contributed by atoms with Gasteiger partial charge in [-0.2, -0.15) is 0 Å². The van der Waals surface area contributed by atoms with Crippen LogP contribution in [0, 0.1) is 12.3 Å². The maximum atomic E-state index is 9.61. The van der Waals surface area contributed by atoms with E-state index < -0.39 is 0 Å². The molecule has 2 heteroatoms. The Morgan fingerprint density at radius 1 is 1.10 bits per heavy atom. The molecule has 0 radical (unpaired) electrons. The standard InChI is InChI=1S/C18H23NO/c1-14-4-5-16-11-17(7-6-15(16)10-14)19(2)12-18(13-20)8-3-9-18/h4-7,10-11,20H,3,8-9,12-13H2,1-2H3. The van der Waals surface area contributed by atoms with Gasteiger partial charge in [0.25, 0.3) is 0 Å². The summed E-state index contributed by atoms with van der Waals surface area (Å²) in [6.45, 7) is 3.38. The van der Waals surface area contributed by atoms with E-state index in [0.717, 1.165) is 19.4 Å². The first-order valence-electron chi connectivity index (χ1n) is 7.44. The number of hydrogen-bond acceptors (Lipinski definition) is 2. The van der Waals surface area contributed by atoms with E-state index in [4.69, 9.17) is 0 Å². The maximum absolute atomic E-state index is 9.61. The van der Waals surface area contributed by atoms with Gasteiger partial charge in [-0.3, -0.25) is 0 Å². The van der Waals surface area contributed by atoms with E-state index in [1.165, 1.54) is 28.4 Å². The van der Waals surface area contributed by atoms with Crippen molar-refractivity contribution in [3.63, 3.8) is 0 Å². The zero-order chi connectivity index (χ0) is 14.2. The lowest BCUT2D eigenvalue weighted by atomic mass is 9.69. The van der Waals surface area contributed by atoms with Crippen molar-refractivity contribution in [1.82, 2.24) is 0 Å². The Bertz CT molecular complexity index is 610. The van der Waals surface area contributed by atoms with Crippen LogP contribution < -0.4 is 4.90 Å². The molecule has 106 valence electrons. The Labute approximate surface area is 121 Å². The Hall–Kier alpha value is -1.54. The molecule has 0 spiro atoms. The fraction of sp³-hybridized carbons (Fsp3) is 0.444. The molecule has 0 bridgehead atoms. The van der Waals surface area contributed by atoms with Crippen LogP contribution in [0.25, 0.3) is 10.8 Å². The third-order valence-electron chi connectivity index (χ3n) is 4.74. The molecule has 0 aliphatic heterocycles. The Kier molecular flexibility index (Phi) is 3.43. The van der Waals surface area contributed by atoms with Gasteiger partial charge in [-0.1, -0.05) is 36.2 Å². The Morgan fingerprint density at radius 3 is 2.45 bits per heavy atom. The number of hydrogen-bond donors (Lipinski definition) is 1. The fourth-order valence-corrected chi connectivity index (χ4v) is 3.23. The Morgan fingerprint density at radius 2 is 1.80 bits per heavy atom. The minimum absolute atomic E-state index is 0.136. The molecule has 1 aliphatic rings. The van der Waals surface area contributed by atoms with Gasteiger partial charge in [0.1, 0.15) is 0 Å². The van der Waals surface area contributed by atoms with Crippen LogP contribution in [0.1, 0.15) is 24.8 Å². The minimum Gasteiger partial charge on any atom is -0.396 e. The summed E-state index contributed by atoms with van der Waals surface area (Å²) < 4.78 is 0. The average Bonchev–Trinajstić information content (AvgIpc) is 2.42. The number of aliphatic hydroxyl groups is 1. The summed E-state index contributed by atoms with van der Waals surface area (Å²) in [5.41, 5.74) is 2.67. The maximum Gasteiger partial charge on any atom is 0.0504 e. The van der Waals surface area contributed by atoms with E-state index in [2.05, 4.69) is 55.3 Å². The van der Waals surface area contributed by atoms with Crippen molar-refractivity contribution in [2.45, 2.75) is 26.2 Å². The average molecular weight is 269 g/mol. The highest BCUT2D eigenvalue weighted by Crippen LogP contribution is 2.41. The summed E-state index contributed by atoms with van der Waals surface area (Å²) in [4.78, 5) is 2.29. The predicted octanol–water partition coefficient (Wildman–Crippen LogP) is 3.75. The van der Waals surface area contributed by atoms with Crippen molar-refractivity contribution in [1.29, 1.82) is 0 Å². The molecule has 0 saturated heterocycles. The molecule has 0 amide bonds. The Balaban J connectivity index is 1.84. The molecule has 2 aromatic carbocycles. The molecule has 1 aliphatic carbocycles. The SMILES string of the molecule is Cc1ccc2cc(N(C)CC3(CO)CCC3)ccc2c1. The van der Waals surface area contributed by atoms with Gasteiger partial charge in [-0.15, -0.1) is 0 Å². The van der Waals surface area contributed by atoms with Crippen LogP contribution in [-0.4, -0.2) is 25.3 Å². The number of benzene rings is 2. The topological polar surface area (TPSA) is 23.5 Å². The lowest BCUT2D eigenvalue weighted by molar-refractivity contribution is 0.0524. The van der Waals surface area contributed by atoms with Crippen LogP contribution in [-0.2, 0) is 0 Å². The smallest absolute Gasteiger partial charge is 0.0504 e. The number of nitrogens with zero attached hydrogens (tertiary/aromatic N) is 1. The van der Waals surface area contributed by atoms with Crippen molar-refractivity contribution < 1.29 is 5.11 Å². The molecular formula is C18H23NO. The summed E-state index contributed by atoms with van der Waals surface area (Å²) in [5.74, 6) is 0. The second-order valence-corrected chi connectivity index (χ2v) is 6.40. The highest BCUT2D eigenvalue weighted by atomic mass is 16.3. The summed E-state index contributed by atoms with van der Waals surface area (Å²) in [5, 5.41) is 12.2. The summed E-state index contributed by atoms with van der Waals surface area (Å²) >= 11 is 0. The third-order valence-corrected chi connectivity index (χ3v) is 4.74. The van der Waals surface area contributed by atoms with Crippen molar-refractivity contribution in [3.8, 4) is 0 Å². The molecule has 0 atom stereocenters. The number of fused-ring (bicyclic) bond motifs is 1. The second-order valence-electron chi connectivity index (χ2n) is 6.40. The van der Waals surface area contributed by atoms with E-state index in [1.54, 1.807) is 0 Å². The van der Waals surface area contributed by atoms with Gasteiger partial charge in [-0.25, -0.2) is 0 Å². The lowest BCUT2D eigenvalue weighted by Crippen LogP contribution is -2.43. The molecule has 20 heavy (non-hydrogen) atoms. The molecule has 0 unspecified atom stereocenters. The molecule has 1 saturated carbocycles. The zero-order valence-electron chi connectivity index (χ0n) is 12.4. The van der Waals surface area contributed by atoms with Gasteiger partial charge >= 0.3 is 0 Å². The van der Waals surface area contributed by atoms with Crippen LogP contribution in [0.5, 0.6) is 0 Å². The van der Waals surface area contributed by atoms with Crippen molar-refractivity contribution in [2.24, 2.45) is 5.41 Å². The molecule has 1 N–H and O–H groups in total. The number of anilines is 1. The van der Waals surface area contributed by atoms with E-state index >= 15 is 0 Å². The number of aliphatic hydroxyl groups excluding tert-OH is 1.